The first-order valence-corrected chi connectivity index (χ1v) is 12.2. The minimum Gasteiger partial charge on any atom is -0.327 e. The van der Waals surface area contributed by atoms with Gasteiger partial charge in [-0.05, 0) is 43.9 Å². The quantitative estimate of drug-likeness (QED) is 0.787. The van der Waals surface area contributed by atoms with E-state index in [1.54, 1.807) is 17.0 Å². The molecule has 0 spiro atoms. The van der Waals surface area contributed by atoms with Crippen molar-refractivity contribution in [1.29, 1.82) is 0 Å². The van der Waals surface area contributed by atoms with Gasteiger partial charge in [0.15, 0.2) is 6.54 Å². The van der Waals surface area contributed by atoms with Crippen LogP contribution < -0.4 is 4.90 Å². The van der Waals surface area contributed by atoms with Crippen LogP contribution in [0.3, 0.4) is 0 Å². The highest BCUT2D eigenvalue weighted by molar-refractivity contribution is 7.89. The van der Waals surface area contributed by atoms with E-state index in [2.05, 4.69) is 0 Å². The van der Waals surface area contributed by atoms with E-state index in [1.165, 1.54) is 15.6 Å². The molecule has 0 saturated carbocycles. The molecule has 160 valence electrons. The largest absolute Gasteiger partial charge is 0.327 e. The van der Waals surface area contributed by atoms with Gasteiger partial charge < -0.3 is 9.80 Å². The minimum atomic E-state index is -3.72. The van der Waals surface area contributed by atoms with Crippen molar-refractivity contribution in [2.24, 2.45) is 0 Å². The van der Waals surface area contributed by atoms with Crippen LogP contribution in [0.15, 0.2) is 59.5 Å². The van der Waals surface area contributed by atoms with E-state index < -0.39 is 16.2 Å². The van der Waals surface area contributed by atoms with Crippen LogP contribution in [0.1, 0.15) is 36.6 Å². The zero-order chi connectivity index (χ0) is 21.1. The van der Waals surface area contributed by atoms with Crippen molar-refractivity contribution in [1.82, 2.24) is 9.21 Å². The topological polar surface area (TPSA) is 62.1 Å². The summed E-state index contributed by atoms with van der Waals surface area (Å²) >= 11 is 0. The summed E-state index contributed by atoms with van der Waals surface area (Å²) in [7, 11) is -3.72. The Hall–Kier alpha value is -2.22. The van der Waals surface area contributed by atoms with E-state index in [1.807, 2.05) is 49.4 Å². The molecular formula is C23H30N3O3S+. The highest BCUT2D eigenvalue weighted by atomic mass is 32.2. The van der Waals surface area contributed by atoms with Gasteiger partial charge in [-0.3, -0.25) is 4.79 Å². The third-order valence-electron chi connectivity index (χ3n) is 6.14. The molecule has 1 N–H and O–H groups in total. The van der Waals surface area contributed by atoms with Crippen LogP contribution in [0.4, 0.5) is 0 Å². The summed E-state index contributed by atoms with van der Waals surface area (Å²) in [4.78, 5) is 16.6. The maximum absolute atomic E-state index is 13.5. The predicted octanol–water partition coefficient (Wildman–Crippen LogP) is 1.60. The number of aryl methyl sites for hydroxylation is 1. The number of carbonyl (C=O) groups excluding carboxylic acids is 1. The first kappa shape index (κ1) is 21.0. The van der Waals surface area contributed by atoms with Gasteiger partial charge in [0, 0.05) is 13.1 Å². The van der Waals surface area contributed by atoms with Gasteiger partial charge in [0.1, 0.15) is 6.17 Å². The highest BCUT2D eigenvalue weighted by Crippen LogP contribution is 2.34. The number of quaternary nitrogens is 1. The molecule has 1 amide bonds. The summed E-state index contributed by atoms with van der Waals surface area (Å²) in [6, 6.07) is 16.4. The van der Waals surface area contributed by atoms with Crippen LogP contribution in [0.2, 0.25) is 0 Å². The number of amides is 1. The lowest BCUT2D eigenvalue weighted by molar-refractivity contribution is -0.897. The summed E-state index contributed by atoms with van der Waals surface area (Å²) in [6.45, 7) is 5.11. The molecule has 2 aliphatic heterocycles. The van der Waals surface area contributed by atoms with Crippen molar-refractivity contribution in [3.63, 3.8) is 0 Å². The highest BCUT2D eigenvalue weighted by Gasteiger charge is 2.43. The average Bonchev–Trinajstić information content (AvgIpc) is 3.22. The van der Waals surface area contributed by atoms with Gasteiger partial charge in [0.2, 0.25) is 10.0 Å². The molecule has 1 unspecified atom stereocenters. The van der Waals surface area contributed by atoms with Crippen molar-refractivity contribution in [3.8, 4) is 0 Å². The summed E-state index contributed by atoms with van der Waals surface area (Å²) in [5.41, 5.74) is 1.84. The monoisotopic (exact) mass is 428 g/mol. The number of piperidine rings is 1. The Morgan fingerprint density at radius 3 is 2.30 bits per heavy atom. The Kier molecular flexibility index (Phi) is 6.22. The van der Waals surface area contributed by atoms with Crippen molar-refractivity contribution < 1.29 is 18.1 Å². The second-order valence-electron chi connectivity index (χ2n) is 8.29. The van der Waals surface area contributed by atoms with Crippen molar-refractivity contribution in [2.75, 3.05) is 32.7 Å². The van der Waals surface area contributed by atoms with Crippen molar-refractivity contribution >= 4 is 15.9 Å². The molecule has 2 heterocycles. The van der Waals surface area contributed by atoms with Crippen molar-refractivity contribution in [2.45, 2.75) is 37.2 Å². The van der Waals surface area contributed by atoms with Gasteiger partial charge in [-0.15, -0.1) is 0 Å². The smallest absolute Gasteiger partial charge is 0.279 e. The molecule has 2 aliphatic rings. The Bertz CT molecular complexity index is 971. The predicted molar refractivity (Wildman–Crippen MR) is 115 cm³/mol. The van der Waals surface area contributed by atoms with Gasteiger partial charge in [0.05, 0.1) is 18.0 Å². The van der Waals surface area contributed by atoms with Crippen LogP contribution >= 0.6 is 0 Å². The molecule has 2 fully saturated rings. The second-order valence-corrected chi connectivity index (χ2v) is 10.2. The van der Waals surface area contributed by atoms with Gasteiger partial charge in [0.25, 0.3) is 5.91 Å². The zero-order valence-corrected chi connectivity index (χ0v) is 18.3. The molecule has 0 aromatic heterocycles. The van der Waals surface area contributed by atoms with Crippen LogP contribution in [0.25, 0.3) is 0 Å². The zero-order valence-electron chi connectivity index (χ0n) is 17.5. The van der Waals surface area contributed by atoms with Crippen molar-refractivity contribution in [3.05, 3.63) is 65.7 Å². The molecule has 2 saturated heterocycles. The third kappa shape index (κ3) is 4.29. The number of carbonyl (C=O) groups is 1. The van der Waals surface area contributed by atoms with Crippen LogP contribution in [-0.2, 0) is 14.8 Å². The van der Waals surface area contributed by atoms with Gasteiger partial charge in [-0.25, -0.2) is 8.42 Å². The summed E-state index contributed by atoms with van der Waals surface area (Å²) < 4.78 is 28.4. The molecule has 1 atom stereocenters. The second kappa shape index (κ2) is 8.88. The van der Waals surface area contributed by atoms with Crippen LogP contribution in [-0.4, -0.2) is 56.3 Å². The Balaban J connectivity index is 1.64. The number of sulfonamides is 1. The molecule has 2 aromatic carbocycles. The fourth-order valence-corrected chi connectivity index (χ4v) is 6.05. The molecule has 6 nitrogen and oxygen atoms in total. The number of nitrogens with zero attached hydrogens (tertiary/aromatic N) is 2. The lowest BCUT2D eigenvalue weighted by Gasteiger charge is -2.31. The lowest BCUT2D eigenvalue weighted by atomic mass is 10.1. The molecule has 7 heteroatoms. The first-order valence-electron chi connectivity index (χ1n) is 10.7. The fourth-order valence-electron chi connectivity index (χ4n) is 4.48. The van der Waals surface area contributed by atoms with E-state index >= 15 is 0 Å². The fraction of sp³-hybridized carbons (Fsp3) is 0.435. The molecule has 30 heavy (non-hydrogen) atoms. The minimum absolute atomic E-state index is 0.0300. The third-order valence-corrected chi connectivity index (χ3v) is 8.00. The number of hydrogen-bond acceptors (Lipinski definition) is 3. The molecule has 0 radical (unpaired) electrons. The normalized spacial score (nSPS) is 21.1. The lowest BCUT2D eigenvalue weighted by Crippen LogP contribution is -3.13. The van der Waals surface area contributed by atoms with E-state index in [0.29, 0.717) is 19.6 Å². The summed E-state index contributed by atoms with van der Waals surface area (Å²) in [5, 5.41) is 0. The maximum Gasteiger partial charge on any atom is 0.279 e. The molecule has 4 rings (SSSR count). The standard InChI is InChI=1S/C23H29N3O3S/c1-19-10-12-21(13-11-19)30(28,29)26-17-16-25(23(26)20-8-4-2-5-9-20)22(27)18-24-14-6-3-7-15-24/h2,4-5,8-13,23H,3,6-7,14-18H2,1H3/p+1. The first-order chi connectivity index (χ1) is 14.5. The molecule has 0 bridgehead atoms. The Morgan fingerprint density at radius 1 is 0.967 bits per heavy atom. The number of hydrogen-bond donors (Lipinski definition) is 1. The average molecular weight is 429 g/mol. The summed E-state index contributed by atoms with van der Waals surface area (Å²) in [5.74, 6) is 0.0300. The van der Waals surface area contributed by atoms with Crippen LogP contribution in [0, 0.1) is 6.92 Å². The van der Waals surface area contributed by atoms with E-state index in [9.17, 15) is 13.2 Å². The number of rotatable bonds is 5. The SMILES string of the molecule is Cc1ccc(S(=O)(=O)N2CCN(C(=O)C[NH+]3CCCCC3)C2c2ccccc2)cc1. The van der Waals surface area contributed by atoms with Gasteiger partial charge >= 0.3 is 0 Å². The number of likely N-dealkylation sites (tertiary alicyclic amines) is 1. The van der Waals surface area contributed by atoms with E-state index in [4.69, 9.17) is 0 Å². The number of benzene rings is 2. The van der Waals surface area contributed by atoms with Crippen LogP contribution in [0.5, 0.6) is 0 Å². The van der Waals surface area contributed by atoms with Gasteiger partial charge in [-0.1, -0.05) is 48.0 Å². The Morgan fingerprint density at radius 2 is 1.63 bits per heavy atom. The molecular weight excluding hydrogens is 398 g/mol. The van der Waals surface area contributed by atoms with Gasteiger partial charge in [-0.2, -0.15) is 4.31 Å². The summed E-state index contributed by atoms with van der Waals surface area (Å²) in [6.07, 6.45) is 2.93. The molecule has 2 aromatic rings. The molecule has 0 aliphatic carbocycles. The number of nitrogens with one attached hydrogen (secondary N) is 1. The Labute approximate surface area is 179 Å². The van der Waals surface area contributed by atoms with E-state index in [-0.39, 0.29) is 10.8 Å². The maximum atomic E-state index is 13.5. The van der Waals surface area contributed by atoms with E-state index in [0.717, 1.165) is 37.1 Å².